The molecule has 0 bridgehead atoms. The number of benzene rings is 17. The number of thiophene rings is 1. The van der Waals surface area contributed by atoms with Gasteiger partial charge in [0.1, 0.15) is 34.2 Å². The molecule has 25 rings (SSSR count). The lowest BCUT2D eigenvalue weighted by Gasteiger charge is -2.39. The second kappa shape index (κ2) is 26.5. The van der Waals surface area contributed by atoms with Crippen LogP contribution in [0, 0.1) is 0 Å². The first-order chi connectivity index (χ1) is 59.4. The Morgan fingerprint density at radius 3 is 1.12 bits per heavy atom. The summed E-state index contributed by atoms with van der Waals surface area (Å²) in [5.74, 6) is 4.53. The molecule has 6 heterocycles. The monoisotopic (exact) mass is 1550 g/mol. The van der Waals surface area contributed by atoms with Gasteiger partial charge in [-0.15, -0.1) is 11.3 Å². The fourth-order valence-electron chi connectivity index (χ4n) is 20.0. The summed E-state index contributed by atoms with van der Waals surface area (Å²) in [5.41, 5.74) is 32.1. The first kappa shape index (κ1) is 67.8. The fraction of sp³-hybridized carbons (Fsp3) is 0.0179. The Balaban J connectivity index is 0.615. The molecule has 17 aromatic carbocycles. The van der Waals surface area contributed by atoms with Crippen molar-refractivity contribution in [1.29, 1.82) is 0 Å². The number of hydrogen-bond donors (Lipinski definition) is 0. The molecule has 8 heteroatoms. The minimum absolute atomic E-state index is 0.573. The standard InChI is InChI=1S/C112H66N4O3S/c1-3-24-68(25-4-1)97-65-99(70-48-46-67(47-49-70)78-35-23-36-86-83-33-13-20-43-101(83)119-108(78)86)115-110(114-97)88-60-71(50-55-77(88)74-54-59-96-105(62-74)118-103-45-22-19-42-94(103)112(96)91-39-16-11-31-81(91)82-32-12-17-40-92(82)112)72-51-56-84-85-57-52-75(64-107(85)120-106(84)63-72)100-66-98(69-26-5-2-6-27-69)113-109(116-100)87-34-8-7-28-76(87)73-53-58-95-104(61-73)117-102-44-21-18-41-93(102)111(95)89-37-14-9-29-79(89)80-30-10-15-38-90(80)111/h1-66H. The average molecular weight is 1550 g/mol. The van der Waals surface area contributed by atoms with E-state index in [0.29, 0.717) is 11.6 Å². The molecule has 0 unspecified atom stereocenters. The number of furan rings is 1. The van der Waals surface area contributed by atoms with Gasteiger partial charge in [-0.25, -0.2) is 19.9 Å². The summed E-state index contributed by atoms with van der Waals surface area (Å²) in [6, 6.07) is 144. The lowest BCUT2D eigenvalue weighted by Crippen LogP contribution is -2.32. The van der Waals surface area contributed by atoms with Crippen molar-refractivity contribution < 1.29 is 13.9 Å². The predicted molar refractivity (Wildman–Crippen MR) is 487 cm³/mol. The maximum atomic E-state index is 7.20. The van der Waals surface area contributed by atoms with Crippen molar-refractivity contribution in [3.8, 4) is 158 Å². The van der Waals surface area contributed by atoms with E-state index in [4.69, 9.17) is 33.8 Å². The first-order valence-electron chi connectivity index (χ1n) is 40.8. The fourth-order valence-corrected chi connectivity index (χ4v) is 21.2. The highest BCUT2D eigenvalue weighted by Gasteiger charge is 2.53. The molecule has 0 saturated carbocycles. The third-order valence-corrected chi connectivity index (χ3v) is 26.5. The Hall–Kier alpha value is -15.5. The maximum absolute atomic E-state index is 7.20. The summed E-state index contributed by atoms with van der Waals surface area (Å²) in [5, 5.41) is 4.55. The topological polar surface area (TPSA) is 83.2 Å². The zero-order chi connectivity index (χ0) is 78.7. The van der Waals surface area contributed by atoms with Crippen LogP contribution in [0.4, 0.5) is 0 Å². The molecule has 4 aromatic heterocycles. The van der Waals surface area contributed by atoms with E-state index >= 15 is 0 Å². The Bertz CT molecular complexity index is 7790. The van der Waals surface area contributed by atoms with Crippen LogP contribution in [0.3, 0.4) is 0 Å². The van der Waals surface area contributed by atoms with Crippen LogP contribution in [0.25, 0.3) is 177 Å². The van der Waals surface area contributed by atoms with Crippen LogP contribution in [0.2, 0.25) is 0 Å². The Morgan fingerprint density at radius 2 is 0.567 bits per heavy atom. The summed E-state index contributed by atoms with van der Waals surface area (Å²) in [4.78, 5) is 22.3. The third kappa shape index (κ3) is 10.2. The van der Waals surface area contributed by atoms with Crippen LogP contribution in [0.1, 0.15) is 44.5 Å². The van der Waals surface area contributed by atoms with Crippen LogP contribution in [0.5, 0.6) is 23.0 Å². The molecule has 0 fully saturated rings. The summed E-state index contributed by atoms with van der Waals surface area (Å²) in [6.45, 7) is 0. The minimum atomic E-state index is -0.622. The maximum Gasteiger partial charge on any atom is 0.161 e. The van der Waals surface area contributed by atoms with Crippen molar-refractivity contribution in [2.24, 2.45) is 0 Å². The van der Waals surface area contributed by atoms with Crippen molar-refractivity contribution in [3.05, 3.63) is 445 Å². The molecule has 21 aromatic rings. The zero-order valence-electron chi connectivity index (χ0n) is 64.5. The molecule has 0 amide bonds. The number of rotatable bonds is 10. The lowest BCUT2D eigenvalue weighted by molar-refractivity contribution is 0.436. The molecule has 0 atom stereocenters. The Kier molecular flexibility index (Phi) is 15.0. The van der Waals surface area contributed by atoms with Gasteiger partial charge in [0.2, 0.25) is 0 Å². The molecule has 558 valence electrons. The van der Waals surface area contributed by atoms with E-state index in [1.165, 1.54) is 55.3 Å². The van der Waals surface area contributed by atoms with Gasteiger partial charge in [-0.05, 0) is 144 Å². The highest BCUT2D eigenvalue weighted by molar-refractivity contribution is 7.25. The third-order valence-electron chi connectivity index (χ3n) is 25.3. The zero-order valence-corrected chi connectivity index (χ0v) is 65.3. The van der Waals surface area contributed by atoms with Gasteiger partial charge in [0.15, 0.2) is 11.6 Å². The lowest BCUT2D eigenvalue weighted by atomic mass is 9.66. The summed E-state index contributed by atoms with van der Waals surface area (Å²) in [6.07, 6.45) is 0. The number of nitrogens with zero attached hydrogens (tertiary/aromatic N) is 4. The summed E-state index contributed by atoms with van der Waals surface area (Å²) in [7, 11) is 0. The van der Waals surface area contributed by atoms with Crippen molar-refractivity contribution in [1.82, 2.24) is 19.9 Å². The second-order valence-electron chi connectivity index (χ2n) is 31.6. The van der Waals surface area contributed by atoms with Crippen molar-refractivity contribution >= 4 is 53.4 Å². The quantitative estimate of drug-likeness (QED) is 0.135. The van der Waals surface area contributed by atoms with Gasteiger partial charge in [0.05, 0.1) is 33.6 Å². The van der Waals surface area contributed by atoms with Gasteiger partial charge in [0, 0.05) is 92.1 Å². The van der Waals surface area contributed by atoms with Gasteiger partial charge < -0.3 is 13.9 Å². The van der Waals surface area contributed by atoms with Crippen LogP contribution in [-0.4, -0.2) is 19.9 Å². The predicted octanol–water partition coefficient (Wildman–Crippen LogP) is 29.1. The normalized spacial score (nSPS) is 13.3. The van der Waals surface area contributed by atoms with Crippen LogP contribution in [0.15, 0.2) is 405 Å². The van der Waals surface area contributed by atoms with E-state index in [2.05, 4.69) is 388 Å². The minimum Gasteiger partial charge on any atom is -0.457 e. The highest BCUT2D eigenvalue weighted by atomic mass is 32.1. The molecule has 7 nitrogen and oxygen atoms in total. The van der Waals surface area contributed by atoms with Crippen molar-refractivity contribution in [3.63, 3.8) is 0 Å². The SMILES string of the molecule is c1ccc(-c2cc(-c3ccc4c(c3)sc3cc(-c5ccc(-c6ccc7c(c6)Oc6ccccc6C76c7ccccc7-c7ccccc76)c(-c6nc(-c7ccccc7)cc(-c7ccc(-c8cccc9c8oc8ccccc89)cc7)n6)c5)ccc34)nc(-c3ccccc3-c3ccc4c(c3)Oc3ccccc3C43c4ccccc4-c4ccccc43)n2)cc1. The first-order valence-corrected chi connectivity index (χ1v) is 41.6. The molecule has 120 heavy (non-hydrogen) atoms. The Morgan fingerprint density at radius 1 is 0.200 bits per heavy atom. The van der Waals surface area contributed by atoms with Gasteiger partial charge in [-0.2, -0.15) is 0 Å². The van der Waals surface area contributed by atoms with E-state index in [0.717, 1.165) is 177 Å². The average Bonchev–Trinajstić information content (AvgIpc) is 1.52. The molecule has 2 spiro atoms. The summed E-state index contributed by atoms with van der Waals surface area (Å²) < 4.78 is 23.1. The number of para-hydroxylation sites is 4. The number of hydrogen-bond acceptors (Lipinski definition) is 8. The second-order valence-corrected chi connectivity index (χ2v) is 32.7. The van der Waals surface area contributed by atoms with E-state index < -0.39 is 10.8 Å². The van der Waals surface area contributed by atoms with E-state index in [1.54, 1.807) is 11.3 Å². The van der Waals surface area contributed by atoms with Crippen LogP contribution < -0.4 is 9.47 Å². The van der Waals surface area contributed by atoms with E-state index in [-0.39, 0.29) is 0 Å². The smallest absolute Gasteiger partial charge is 0.161 e. The van der Waals surface area contributed by atoms with Crippen molar-refractivity contribution in [2.75, 3.05) is 0 Å². The number of fused-ring (bicyclic) bond motifs is 24. The van der Waals surface area contributed by atoms with Crippen LogP contribution >= 0.6 is 11.3 Å². The number of ether oxygens (including phenoxy) is 2. The molecule has 0 N–H and O–H groups in total. The molecule has 2 aliphatic carbocycles. The molecule has 0 saturated heterocycles. The van der Waals surface area contributed by atoms with Gasteiger partial charge in [-0.1, -0.05) is 340 Å². The molecule has 2 aliphatic heterocycles. The van der Waals surface area contributed by atoms with E-state index in [1.807, 2.05) is 12.1 Å². The molecular formula is C112H66N4O3S. The van der Waals surface area contributed by atoms with E-state index in [9.17, 15) is 0 Å². The highest BCUT2D eigenvalue weighted by Crippen LogP contribution is 2.65. The van der Waals surface area contributed by atoms with Crippen LogP contribution in [-0.2, 0) is 10.8 Å². The van der Waals surface area contributed by atoms with Gasteiger partial charge >= 0.3 is 0 Å². The van der Waals surface area contributed by atoms with Gasteiger partial charge in [0.25, 0.3) is 0 Å². The van der Waals surface area contributed by atoms with Gasteiger partial charge in [-0.3, -0.25) is 0 Å². The Labute approximate surface area is 695 Å². The summed E-state index contributed by atoms with van der Waals surface area (Å²) >= 11 is 1.80. The number of aromatic nitrogens is 4. The molecular weight excluding hydrogens is 1480 g/mol. The van der Waals surface area contributed by atoms with Crippen molar-refractivity contribution in [2.45, 2.75) is 10.8 Å². The molecule has 0 radical (unpaired) electrons. The largest absolute Gasteiger partial charge is 0.457 e. The molecule has 4 aliphatic rings.